The lowest BCUT2D eigenvalue weighted by molar-refractivity contribution is 0.0681. The van der Waals surface area contributed by atoms with Crippen LogP contribution in [0.4, 0.5) is 0 Å². The van der Waals surface area contributed by atoms with Crippen molar-refractivity contribution in [3.05, 3.63) is 60.4 Å². The number of likely N-dealkylation sites (tertiary alicyclic amines) is 1. The van der Waals surface area contributed by atoms with Gasteiger partial charge < -0.3 is 14.3 Å². The van der Waals surface area contributed by atoms with Crippen molar-refractivity contribution in [2.45, 2.75) is 18.8 Å². The summed E-state index contributed by atoms with van der Waals surface area (Å²) in [4.78, 5) is 26.5. The molecule has 0 atom stereocenters. The first-order chi connectivity index (χ1) is 13.3. The first-order valence-corrected chi connectivity index (χ1v) is 9.83. The zero-order valence-electron chi connectivity index (χ0n) is 14.6. The summed E-state index contributed by atoms with van der Waals surface area (Å²) in [5.74, 6) is 1.41. The minimum absolute atomic E-state index is 0.0505. The number of aromatic amines is 1. The van der Waals surface area contributed by atoms with Gasteiger partial charge in [-0.15, -0.1) is 11.3 Å². The van der Waals surface area contributed by atoms with E-state index >= 15 is 0 Å². The van der Waals surface area contributed by atoms with Gasteiger partial charge in [-0.3, -0.25) is 4.79 Å². The van der Waals surface area contributed by atoms with E-state index < -0.39 is 0 Å². The number of rotatable bonds is 3. The van der Waals surface area contributed by atoms with Gasteiger partial charge in [-0.25, -0.2) is 9.97 Å². The predicted octanol–water partition coefficient (Wildman–Crippen LogP) is 4.30. The predicted molar refractivity (Wildman–Crippen MR) is 104 cm³/mol. The number of piperidine rings is 1. The third kappa shape index (κ3) is 3.04. The quantitative estimate of drug-likeness (QED) is 0.577. The van der Waals surface area contributed by atoms with Crippen molar-refractivity contribution in [2.75, 3.05) is 13.1 Å². The topological polar surface area (TPSA) is 75.0 Å². The molecular formula is C20H18N4O2S. The van der Waals surface area contributed by atoms with E-state index in [4.69, 9.17) is 4.42 Å². The van der Waals surface area contributed by atoms with E-state index in [-0.39, 0.29) is 5.91 Å². The fourth-order valence-electron chi connectivity index (χ4n) is 3.58. The molecule has 6 nitrogen and oxygen atoms in total. The van der Waals surface area contributed by atoms with Crippen molar-refractivity contribution in [2.24, 2.45) is 0 Å². The SMILES string of the molecule is O=C(c1ccc(-c2nc3ccccc3s2)o1)N1CCC(c2cnc[nH]2)CC1. The summed E-state index contributed by atoms with van der Waals surface area (Å²) in [7, 11) is 0. The summed E-state index contributed by atoms with van der Waals surface area (Å²) in [6.07, 6.45) is 5.44. The number of amides is 1. The highest BCUT2D eigenvalue weighted by Crippen LogP contribution is 2.32. The van der Waals surface area contributed by atoms with Crippen LogP contribution in [0.2, 0.25) is 0 Å². The van der Waals surface area contributed by atoms with Crippen LogP contribution in [-0.2, 0) is 0 Å². The van der Waals surface area contributed by atoms with Crippen molar-refractivity contribution < 1.29 is 9.21 Å². The third-order valence-electron chi connectivity index (χ3n) is 5.06. The van der Waals surface area contributed by atoms with Crippen LogP contribution in [0.1, 0.15) is 35.0 Å². The molecule has 5 rings (SSSR count). The van der Waals surface area contributed by atoms with E-state index in [0.29, 0.717) is 17.4 Å². The normalized spacial score (nSPS) is 15.5. The van der Waals surface area contributed by atoms with Gasteiger partial charge in [0.15, 0.2) is 16.5 Å². The Kier molecular flexibility index (Phi) is 4.01. The number of thiazole rings is 1. The Bertz CT molecular complexity index is 1040. The Hall–Kier alpha value is -2.93. The number of nitrogens with one attached hydrogen (secondary N) is 1. The van der Waals surface area contributed by atoms with Gasteiger partial charge in [-0.2, -0.15) is 0 Å². The molecule has 0 aliphatic carbocycles. The van der Waals surface area contributed by atoms with E-state index in [9.17, 15) is 4.79 Å². The Morgan fingerprint density at radius 3 is 2.81 bits per heavy atom. The molecule has 1 N–H and O–H groups in total. The van der Waals surface area contributed by atoms with E-state index in [1.165, 1.54) is 0 Å². The Morgan fingerprint density at radius 2 is 2.04 bits per heavy atom. The lowest BCUT2D eigenvalue weighted by Gasteiger charge is -2.30. The van der Waals surface area contributed by atoms with E-state index in [0.717, 1.165) is 46.8 Å². The van der Waals surface area contributed by atoms with Gasteiger partial charge in [0.25, 0.3) is 5.91 Å². The first kappa shape index (κ1) is 16.3. The minimum Gasteiger partial charge on any atom is -0.448 e. The number of hydrogen-bond acceptors (Lipinski definition) is 5. The molecule has 4 aromatic rings. The molecule has 7 heteroatoms. The first-order valence-electron chi connectivity index (χ1n) is 9.01. The number of hydrogen-bond donors (Lipinski definition) is 1. The number of benzene rings is 1. The van der Waals surface area contributed by atoms with E-state index in [1.807, 2.05) is 41.4 Å². The van der Waals surface area contributed by atoms with Crippen LogP contribution < -0.4 is 0 Å². The largest absolute Gasteiger partial charge is 0.448 e. The molecule has 1 fully saturated rings. The Labute approximate surface area is 159 Å². The van der Waals surface area contributed by atoms with Crippen molar-refractivity contribution in [3.63, 3.8) is 0 Å². The zero-order valence-corrected chi connectivity index (χ0v) is 15.4. The van der Waals surface area contributed by atoms with Crippen LogP contribution in [0.3, 0.4) is 0 Å². The number of imidazole rings is 1. The number of para-hydroxylation sites is 1. The number of fused-ring (bicyclic) bond motifs is 1. The second-order valence-electron chi connectivity index (χ2n) is 6.72. The average Bonchev–Trinajstić information content (AvgIpc) is 3.47. The lowest BCUT2D eigenvalue weighted by atomic mass is 9.94. The van der Waals surface area contributed by atoms with Crippen LogP contribution in [0.5, 0.6) is 0 Å². The van der Waals surface area contributed by atoms with Crippen molar-refractivity contribution >= 4 is 27.5 Å². The molecule has 136 valence electrons. The molecule has 0 unspecified atom stereocenters. The van der Waals surface area contributed by atoms with Gasteiger partial charge in [0.2, 0.25) is 0 Å². The molecular weight excluding hydrogens is 360 g/mol. The van der Waals surface area contributed by atoms with Crippen LogP contribution >= 0.6 is 11.3 Å². The maximum Gasteiger partial charge on any atom is 0.289 e. The number of aromatic nitrogens is 3. The van der Waals surface area contributed by atoms with Crippen molar-refractivity contribution in [1.82, 2.24) is 19.9 Å². The standard InChI is InChI=1S/C20H18N4O2S/c25-20(24-9-7-13(8-10-24)15-11-21-12-22-15)17-6-5-16(26-17)19-23-14-3-1-2-4-18(14)27-19/h1-6,11-13H,7-10H2,(H,21,22). The van der Waals surface area contributed by atoms with Crippen molar-refractivity contribution in [3.8, 4) is 10.8 Å². The number of carbonyl (C=O) groups excluding carboxylic acids is 1. The maximum atomic E-state index is 12.8. The van der Waals surface area contributed by atoms with E-state index in [2.05, 4.69) is 15.0 Å². The summed E-state index contributed by atoms with van der Waals surface area (Å²) in [6, 6.07) is 11.6. The number of nitrogens with zero attached hydrogens (tertiary/aromatic N) is 3. The Balaban J connectivity index is 1.30. The maximum absolute atomic E-state index is 12.8. The fourth-order valence-corrected chi connectivity index (χ4v) is 4.51. The second-order valence-corrected chi connectivity index (χ2v) is 7.75. The molecule has 1 aliphatic heterocycles. The highest BCUT2D eigenvalue weighted by molar-refractivity contribution is 7.21. The van der Waals surface area contributed by atoms with Crippen LogP contribution in [-0.4, -0.2) is 38.8 Å². The van der Waals surface area contributed by atoms with Gasteiger partial charge in [-0.1, -0.05) is 12.1 Å². The lowest BCUT2D eigenvalue weighted by Crippen LogP contribution is -2.37. The molecule has 0 spiro atoms. The van der Waals surface area contributed by atoms with Gasteiger partial charge in [-0.05, 0) is 37.1 Å². The van der Waals surface area contributed by atoms with Gasteiger partial charge >= 0.3 is 0 Å². The van der Waals surface area contributed by atoms with Crippen molar-refractivity contribution in [1.29, 1.82) is 0 Å². The third-order valence-corrected chi connectivity index (χ3v) is 6.11. The molecule has 1 aromatic carbocycles. The van der Waals surface area contributed by atoms with Gasteiger partial charge in [0.1, 0.15) is 0 Å². The molecule has 4 heterocycles. The number of furan rings is 1. The number of H-pyrrole nitrogens is 1. The van der Waals surface area contributed by atoms with Gasteiger partial charge in [0, 0.05) is 30.9 Å². The summed E-state index contributed by atoms with van der Waals surface area (Å²) < 4.78 is 6.96. The molecule has 27 heavy (non-hydrogen) atoms. The summed E-state index contributed by atoms with van der Waals surface area (Å²) >= 11 is 1.57. The molecule has 1 saturated heterocycles. The van der Waals surface area contributed by atoms with E-state index in [1.54, 1.807) is 23.7 Å². The summed E-state index contributed by atoms with van der Waals surface area (Å²) in [5.41, 5.74) is 2.10. The summed E-state index contributed by atoms with van der Waals surface area (Å²) in [6.45, 7) is 1.44. The summed E-state index contributed by atoms with van der Waals surface area (Å²) in [5, 5.41) is 0.799. The number of carbonyl (C=O) groups is 1. The highest BCUT2D eigenvalue weighted by Gasteiger charge is 2.27. The molecule has 3 aromatic heterocycles. The molecule has 0 saturated carbocycles. The Morgan fingerprint density at radius 1 is 1.19 bits per heavy atom. The van der Waals surface area contributed by atoms with Crippen LogP contribution in [0, 0.1) is 0 Å². The fraction of sp³-hybridized carbons (Fsp3) is 0.250. The smallest absolute Gasteiger partial charge is 0.289 e. The second kappa shape index (κ2) is 6.66. The van der Waals surface area contributed by atoms with Crippen LogP contribution in [0.15, 0.2) is 53.3 Å². The minimum atomic E-state index is -0.0505. The molecule has 0 radical (unpaired) electrons. The monoisotopic (exact) mass is 378 g/mol. The average molecular weight is 378 g/mol. The molecule has 1 amide bonds. The highest BCUT2D eigenvalue weighted by atomic mass is 32.1. The molecule has 0 bridgehead atoms. The molecule has 1 aliphatic rings. The zero-order chi connectivity index (χ0) is 18.2. The van der Waals surface area contributed by atoms with Crippen LogP contribution in [0.25, 0.3) is 21.0 Å². The van der Waals surface area contributed by atoms with Gasteiger partial charge in [0.05, 0.1) is 16.5 Å².